The van der Waals surface area contributed by atoms with E-state index in [4.69, 9.17) is 28.4 Å². The first-order valence-corrected chi connectivity index (χ1v) is 31.1. The van der Waals surface area contributed by atoms with Crippen LogP contribution in [0.4, 0.5) is 0 Å². The van der Waals surface area contributed by atoms with Gasteiger partial charge in [-0.3, -0.25) is 0 Å². The summed E-state index contributed by atoms with van der Waals surface area (Å²) in [5.41, 5.74) is -1.05. The molecule has 458 valence electrons. The Balaban J connectivity index is 7.22. The number of nitrogens with zero attached hydrogens (tertiary/aromatic N) is 2. The standard InChI is InChI=1S/C68H140N2O6/c1-35-61(19,20)65(27,28)73-53(7)43-57(11,12)47-69(48-58(13,14)44-54(8)74-66(29,30)62(21,22)36-2)39-40-70(49-59(15,16)45-55(9)75-67(31,32)63(23,24)37-41-71-51(3)4)50-60(17,18)46-56(10)76-68(33,34)64(25,26)38-42-72-52(5)6/h51-56H,35-50H2,1-34H3. The summed E-state index contributed by atoms with van der Waals surface area (Å²) in [5.74, 6) is 0. The van der Waals surface area contributed by atoms with Crippen LogP contribution in [0.15, 0.2) is 0 Å². The van der Waals surface area contributed by atoms with Gasteiger partial charge in [0.25, 0.3) is 0 Å². The summed E-state index contributed by atoms with van der Waals surface area (Å²) in [7, 11) is 0. The van der Waals surface area contributed by atoms with E-state index in [1.54, 1.807) is 0 Å². The Morgan fingerprint density at radius 3 is 0.684 bits per heavy atom. The largest absolute Gasteiger partial charge is 0.379 e. The fraction of sp³-hybridized carbons (Fsp3) is 1.00. The molecule has 0 saturated carbocycles. The number of hydrogen-bond donors (Lipinski definition) is 0. The van der Waals surface area contributed by atoms with Gasteiger partial charge in [0.1, 0.15) is 0 Å². The molecule has 0 aromatic rings. The molecular formula is C68H140N2O6. The highest BCUT2D eigenvalue weighted by Gasteiger charge is 2.44. The quantitative estimate of drug-likeness (QED) is 0.0600. The normalized spacial score (nSPS) is 16.7. The third kappa shape index (κ3) is 26.7. The van der Waals surface area contributed by atoms with Crippen LogP contribution in [0.3, 0.4) is 0 Å². The van der Waals surface area contributed by atoms with Gasteiger partial charge in [0.2, 0.25) is 0 Å². The lowest BCUT2D eigenvalue weighted by Crippen LogP contribution is -2.50. The summed E-state index contributed by atoms with van der Waals surface area (Å²) in [6.07, 6.45) is 8.84. The van der Waals surface area contributed by atoms with Gasteiger partial charge < -0.3 is 38.2 Å². The Morgan fingerprint density at radius 2 is 0.500 bits per heavy atom. The van der Waals surface area contributed by atoms with E-state index < -0.39 is 0 Å². The molecule has 0 aliphatic carbocycles. The molecule has 0 N–H and O–H groups in total. The van der Waals surface area contributed by atoms with Gasteiger partial charge in [-0.1, -0.05) is 125 Å². The predicted molar refractivity (Wildman–Crippen MR) is 332 cm³/mol. The Bertz CT molecular complexity index is 1500. The average Bonchev–Trinajstić information content (AvgIpc) is 3.16. The van der Waals surface area contributed by atoms with Gasteiger partial charge in [0.15, 0.2) is 0 Å². The molecule has 0 rings (SSSR count). The maximum Gasteiger partial charge on any atom is 0.0681 e. The smallest absolute Gasteiger partial charge is 0.0681 e. The first kappa shape index (κ1) is 75.7. The van der Waals surface area contributed by atoms with Crippen LogP contribution in [0.25, 0.3) is 0 Å². The summed E-state index contributed by atoms with van der Waals surface area (Å²) < 4.78 is 40.2. The molecule has 8 heteroatoms. The maximum atomic E-state index is 7.09. The van der Waals surface area contributed by atoms with Gasteiger partial charge in [0.05, 0.1) is 59.0 Å². The van der Waals surface area contributed by atoms with Crippen molar-refractivity contribution < 1.29 is 28.4 Å². The van der Waals surface area contributed by atoms with E-state index in [0.29, 0.717) is 0 Å². The summed E-state index contributed by atoms with van der Waals surface area (Å²) in [6.45, 7) is 86.4. The van der Waals surface area contributed by atoms with Crippen molar-refractivity contribution in [2.75, 3.05) is 52.5 Å². The molecule has 0 bridgehead atoms. The van der Waals surface area contributed by atoms with Gasteiger partial charge in [-0.15, -0.1) is 0 Å². The molecule has 0 spiro atoms. The second-order valence-electron chi connectivity index (χ2n) is 33.2. The third-order valence-corrected chi connectivity index (χ3v) is 19.3. The van der Waals surface area contributed by atoms with Gasteiger partial charge in [-0.05, 0) is 205 Å². The monoisotopic (exact) mass is 1080 g/mol. The number of rotatable bonds is 41. The lowest BCUT2D eigenvalue weighted by molar-refractivity contribution is -0.149. The third-order valence-electron chi connectivity index (χ3n) is 19.3. The minimum Gasteiger partial charge on any atom is -0.379 e. The Morgan fingerprint density at radius 1 is 0.303 bits per heavy atom. The molecule has 0 aromatic carbocycles. The molecular weight excluding hydrogens is 941 g/mol. The molecule has 0 aliphatic heterocycles. The highest BCUT2D eigenvalue weighted by atomic mass is 16.5. The van der Waals surface area contributed by atoms with Crippen LogP contribution in [0.2, 0.25) is 0 Å². The van der Waals surface area contributed by atoms with Crippen LogP contribution in [0, 0.1) is 43.3 Å². The molecule has 4 unspecified atom stereocenters. The molecule has 76 heavy (non-hydrogen) atoms. The Hall–Kier alpha value is -0.320. The maximum absolute atomic E-state index is 7.09. The van der Waals surface area contributed by atoms with Crippen LogP contribution < -0.4 is 0 Å². The van der Waals surface area contributed by atoms with Crippen molar-refractivity contribution in [1.29, 1.82) is 0 Å². The SMILES string of the molecule is CCC(C)(C)C(C)(C)OC(C)CC(C)(C)CN(CCN(CC(C)(C)CC(C)OC(C)(C)C(C)(C)CCOC(C)C)CC(C)(C)CC(C)OC(C)(C)C(C)(C)CCOC(C)C)CC(C)(C)CC(C)OC(C)(C)C(C)(C)CC. The topological polar surface area (TPSA) is 61.9 Å². The van der Waals surface area contributed by atoms with Crippen LogP contribution in [-0.4, -0.2) is 121 Å². The van der Waals surface area contributed by atoms with Crippen LogP contribution in [-0.2, 0) is 28.4 Å². The zero-order valence-electron chi connectivity index (χ0n) is 58.1. The van der Waals surface area contributed by atoms with Gasteiger partial charge >= 0.3 is 0 Å². The van der Waals surface area contributed by atoms with E-state index in [2.05, 4.69) is 245 Å². The molecule has 0 radical (unpaired) electrons. The fourth-order valence-corrected chi connectivity index (χ4v) is 11.9. The van der Waals surface area contributed by atoms with E-state index in [1.807, 2.05) is 0 Å². The van der Waals surface area contributed by atoms with E-state index in [9.17, 15) is 0 Å². The molecule has 0 heterocycles. The van der Waals surface area contributed by atoms with Crippen molar-refractivity contribution in [3.8, 4) is 0 Å². The lowest BCUT2D eigenvalue weighted by Gasteiger charge is -2.46. The van der Waals surface area contributed by atoms with Crippen LogP contribution in [0.1, 0.15) is 287 Å². The van der Waals surface area contributed by atoms with Gasteiger partial charge in [-0.25, -0.2) is 0 Å². The molecule has 4 atom stereocenters. The molecule has 0 fully saturated rings. The highest BCUT2D eigenvalue weighted by Crippen LogP contribution is 2.44. The predicted octanol–water partition coefficient (Wildman–Crippen LogP) is 18.5. The van der Waals surface area contributed by atoms with Crippen molar-refractivity contribution >= 4 is 0 Å². The zero-order chi connectivity index (χ0) is 60.2. The summed E-state index contributed by atoms with van der Waals surface area (Å²) >= 11 is 0. The zero-order valence-corrected chi connectivity index (χ0v) is 58.1. The Kier molecular flexibility index (Phi) is 29.2. The first-order valence-electron chi connectivity index (χ1n) is 31.1. The number of hydrogen-bond acceptors (Lipinski definition) is 8. The van der Waals surface area contributed by atoms with Crippen molar-refractivity contribution in [3.63, 3.8) is 0 Å². The minimum absolute atomic E-state index is 0.0102. The fourth-order valence-electron chi connectivity index (χ4n) is 11.9. The van der Waals surface area contributed by atoms with Gasteiger partial charge in [0, 0.05) is 52.5 Å². The molecule has 0 amide bonds. The second-order valence-corrected chi connectivity index (χ2v) is 33.2. The van der Waals surface area contributed by atoms with Crippen molar-refractivity contribution in [1.82, 2.24) is 9.80 Å². The van der Waals surface area contributed by atoms with Crippen LogP contribution in [0.5, 0.6) is 0 Å². The van der Waals surface area contributed by atoms with E-state index in [-0.39, 0.29) is 102 Å². The second kappa shape index (κ2) is 29.3. The van der Waals surface area contributed by atoms with Gasteiger partial charge in [-0.2, -0.15) is 0 Å². The molecule has 8 nitrogen and oxygen atoms in total. The highest BCUT2D eigenvalue weighted by molar-refractivity contribution is 4.94. The molecule has 0 aliphatic rings. The van der Waals surface area contributed by atoms with E-state index in [0.717, 1.165) is 104 Å². The van der Waals surface area contributed by atoms with Crippen LogP contribution >= 0.6 is 0 Å². The molecule has 0 aromatic heterocycles. The minimum atomic E-state index is -0.320. The summed E-state index contributed by atoms with van der Waals surface area (Å²) in [4.78, 5) is 5.62. The lowest BCUT2D eigenvalue weighted by atomic mass is 9.74. The summed E-state index contributed by atoms with van der Waals surface area (Å²) in [5, 5.41) is 0. The first-order chi connectivity index (χ1) is 33.7. The van der Waals surface area contributed by atoms with E-state index in [1.165, 1.54) is 0 Å². The number of ether oxygens (including phenoxy) is 6. The van der Waals surface area contributed by atoms with E-state index >= 15 is 0 Å². The van der Waals surface area contributed by atoms with Crippen molar-refractivity contribution in [3.05, 3.63) is 0 Å². The average molecular weight is 1080 g/mol. The molecule has 0 saturated heterocycles. The summed E-state index contributed by atoms with van der Waals surface area (Å²) in [6, 6.07) is 0. The van der Waals surface area contributed by atoms with Crippen molar-refractivity contribution in [2.24, 2.45) is 43.3 Å². The van der Waals surface area contributed by atoms with Crippen molar-refractivity contribution in [2.45, 2.75) is 346 Å². The Labute approximate surface area is 477 Å².